The monoisotopic (exact) mass is 294 g/mol. The summed E-state index contributed by atoms with van der Waals surface area (Å²) >= 11 is 0. The van der Waals surface area contributed by atoms with E-state index >= 15 is 0 Å². The summed E-state index contributed by atoms with van der Waals surface area (Å²) in [7, 11) is -3.58. The van der Waals surface area contributed by atoms with Gasteiger partial charge in [-0.1, -0.05) is 0 Å². The number of hydrogen-bond donors (Lipinski definition) is 0. The standard InChI is InChI=1S/C12H14N4O3S/c1-9-14-15-12(19-9)8-16(10-4-5-10)20(17,18)11-3-2-6-13-7-11/h2-3,6-7,10H,4-5,8H2,1H3. The van der Waals surface area contributed by atoms with Crippen molar-refractivity contribution in [1.82, 2.24) is 19.5 Å². The van der Waals surface area contributed by atoms with Crippen molar-refractivity contribution in [2.45, 2.75) is 37.2 Å². The lowest BCUT2D eigenvalue weighted by atomic mass is 10.5. The van der Waals surface area contributed by atoms with E-state index in [0.717, 1.165) is 12.8 Å². The first kappa shape index (κ1) is 13.2. The maximum atomic E-state index is 12.6. The zero-order valence-corrected chi connectivity index (χ0v) is 11.7. The zero-order chi connectivity index (χ0) is 14.2. The van der Waals surface area contributed by atoms with Crippen LogP contribution in [-0.2, 0) is 16.6 Å². The van der Waals surface area contributed by atoms with Crippen molar-refractivity contribution in [3.05, 3.63) is 36.3 Å². The van der Waals surface area contributed by atoms with Gasteiger partial charge in [0, 0.05) is 25.4 Å². The van der Waals surface area contributed by atoms with Crippen LogP contribution < -0.4 is 0 Å². The van der Waals surface area contributed by atoms with E-state index in [4.69, 9.17) is 4.42 Å². The fraction of sp³-hybridized carbons (Fsp3) is 0.417. The van der Waals surface area contributed by atoms with Gasteiger partial charge in [0.25, 0.3) is 0 Å². The average molecular weight is 294 g/mol. The normalized spacial score (nSPS) is 15.7. The fourth-order valence-electron chi connectivity index (χ4n) is 1.94. The molecule has 2 aromatic heterocycles. The Hall–Kier alpha value is -1.80. The van der Waals surface area contributed by atoms with E-state index in [1.165, 1.54) is 16.6 Å². The molecule has 0 N–H and O–H groups in total. The van der Waals surface area contributed by atoms with E-state index in [9.17, 15) is 8.42 Å². The summed E-state index contributed by atoms with van der Waals surface area (Å²) in [5, 5.41) is 7.59. The molecule has 0 bridgehead atoms. The quantitative estimate of drug-likeness (QED) is 0.821. The Morgan fingerprint density at radius 3 is 2.75 bits per heavy atom. The molecule has 2 heterocycles. The molecule has 2 aromatic rings. The summed E-state index contributed by atoms with van der Waals surface area (Å²) < 4.78 is 31.9. The maximum Gasteiger partial charge on any atom is 0.245 e. The van der Waals surface area contributed by atoms with Crippen LogP contribution in [0.3, 0.4) is 0 Å². The number of hydrogen-bond acceptors (Lipinski definition) is 6. The van der Waals surface area contributed by atoms with Crippen LogP contribution in [0, 0.1) is 6.92 Å². The Morgan fingerprint density at radius 2 is 2.20 bits per heavy atom. The molecule has 0 aliphatic heterocycles. The van der Waals surface area contributed by atoms with E-state index in [-0.39, 0.29) is 17.5 Å². The lowest BCUT2D eigenvalue weighted by molar-refractivity contribution is 0.343. The first-order chi connectivity index (χ1) is 9.57. The molecule has 3 rings (SSSR count). The lowest BCUT2D eigenvalue weighted by Gasteiger charge is -2.19. The van der Waals surface area contributed by atoms with Crippen molar-refractivity contribution in [3.8, 4) is 0 Å². The molecule has 0 unspecified atom stereocenters. The Morgan fingerprint density at radius 1 is 1.40 bits per heavy atom. The first-order valence-corrected chi connectivity index (χ1v) is 7.72. The molecule has 0 radical (unpaired) electrons. The second-order valence-corrected chi connectivity index (χ2v) is 6.58. The molecule has 7 nitrogen and oxygen atoms in total. The smallest absolute Gasteiger partial charge is 0.245 e. The van der Waals surface area contributed by atoms with Gasteiger partial charge in [0.15, 0.2) is 0 Å². The highest BCUT2D eigenvalue weighted by Gasteiger charge is 2.39. The number of nitrogens with zero attached hydrogens (tertiary/aromatic N) is 4. The topological polar surface area (TPSA) is 89.2 Å². The van der Waals surface area contributed by atoms with Crippen LogP contribution in [0.4, 0.5) is 0 Å². The van der Waals surface area contributed by atoms with Gasteiger partial charge in [-0.15, -0.1) is 10.2 Å². The highest BCUT2D eigenvalue weighted by molar-refractivity contribution is 7.89. The lowest BCUT2D eigenvalue weighted by Crippen LogP contribution is -2.32. The van der Waals surface area contributed by atoms with Crippen LogP contribution in [0.2, 0.25) is 0 Å². The summed E-state index contributed by atoms with van der Waals surface area (Å²) in [6.07, 6.45) is 4.60. The molecular weight excluding hydrogens is 280 g/mol. The minimum atomic E-state index is -3.58. The highest BCUT2D eigenvalue weighted by Crippen LogP contribution is 2.33. The molecule has 106 valence electrons. The third-order valence-electron chi connectivity index (χ3n) is 3.05. The Labute approximate surface area is 116 Å². The molecule has 1 aliphatic rings. The summed E-state index contributed by atoms with van der Waals surface area (Å²) in [5.74, 6) is 0.733. The molecule has 1 saturated carbocycles. The van der Waals surface area contributed by atoms with Gasteiger partial charge < -0.3 is 4.42 Å². The second kappa shape index (κ2) is 4.95. The van der Waals surface area contributed by atoms with Crippen molar-refractivity contribution in [3.63, 3.8) is 0 Å². The maximum absolute atomic E-state index is 12.6. The number of sulfonamides is 1. The molecule has 0 aromatic carbocycles. The van der Waals surface area contributed by atoms with Crippen LogP contribution in [0.5, 0.6) is 0 Å². The van der Waals surface area contributed by atoms with E-state index in [1.807, 2.05) is 0 Å². The van der Waals surface area contributed by atoms with Gasteiger partial charge >= 0.3 is 0 Å². The van der Waals surface area contributed by atoms with E-state index < -0.39 is 10.0 Å². The van der Waals surface area contributed by atoms with Crippen LogP contribution in [0.25, 0.3) is 0 Å². The van der Waals surface area contributed by atoms with Crippen molar-refractivity contribution in [1.29, 1.82) is 0 Å². The Balaban J connectivity index is 1.91. The van der Waals surface area contributed by atoms with Crippen molar-refractivity contribution in [2.24, 2.45) is 0 Å². The minimum absolute atomic E-state index is 0.00686. The zero-order valence-electron chi connectivity index (χ0n) is 10.9. The van der Waals surface area contributed by atoms with Crippen molar-refractivity contribution >= 4 is 10.0 Å². The minimum Gasteiger partial charge on any atom is -0.424 e. The highest BCUT2D eigenvalue weighted by atomic mass is 32.2. The molecule has 1 aliphatic carbocycles. The third-order valence-corrected chi connectivity index (χ3v) is 4.94. The summed E-state index contributed by atoms with van der Waals surface area (Å²) in [6, 6.07) is 3.15. The largest absolute Gasteiger partial charge is 0.424 e. The molecule has 0 atom stereocenters. The van der Waals surface area contributed by atoms with Gasteiger partial charge in [-0.2, -0.15) is 4.31 Å². The molecule has 0 spiro atoms. The van der Waals surface area contributed by atoms with Gasteiger partial charge in [0.05, 0.1) is 6.54 Å². The average Bonchev–Trinajstić information content (AvgIpc) is 3.20. The molecule has 0 amide bonds. The fourth-order valence-corrected chi connectivity index (χ4v) is 3.54. The summed E-state index contributed by atoms with van der Waals surface area (Å²) in [5.41, 5.74) is 0. The van der Waals surface area contributed by atoms with Crippen LogP contribution in [0.15, 0.2) is 33.8 Å². The van der Waals surface area contributed by atoms with Crippen LogP contribution >= 0.6 is 0 Å². The van der Waals surface area contributed by atoms with Gasteiger partial charge in [-0.3, -0.25) is 4.98 Å². The molecule has 1 fully saturated rings. The molecule has 8 heteroatoms. The van der Waals surface area contributed by atoms with Crippen molar-refractivity contribution in [2.75, 3.05) is 0 Å². The predicted molar refractivity (Wildman–Crippen MR) is 69.0 cm³/mol. The number of aromatic nitrogens is 3. The van der Waals surface area contributed by atoms with Gasteiger partial charge in [-0.05, 0) is 25.0 Å². The SMILES string of the molecule is Cc1nnc(CN(C2CC2)S(=O)(=O)c2cccnc2)o1. The Kier molecular flexibility index (Phi) is 3.27. The van der Waals surface area contributed by atoms with E-state index in [0.29, 0.717) is 11.8 Å². The molecule has 0 saturated heterocycles. The second-order valence-electron chi connectivity index (χ2n) is 4.68. The van der Waals surface area contributed by atoms with Crippen molar-refractivity contribution < 1.29 is 12.8 Å². The van der Waals surface area contributed by atoms with Gasteiger partial charge in [0.2, 0.25) is 21.8 Å². The number of pyridine rings is 1. The van der Waals surface area contributed by atoms with Crippen LogP contribution in [0.1, 0.15) is 24.6 Å². The first-order valence-electron chi connectivity index (χ1n) is 6.28. The number of aryl methyl sites for hydroxylation is 1. The Bertz CT molecular complexity index is 695. The third kappa shape index (κ3) is 2.56. The predicted octanol–water partition coefficient (Wildman–Crippen LogP) is 1.13. The molecule has 20 heavy (non-hydrogen) atoms. The number of rotatable bonds is 5. The summed E-state index contributed by atoms with van der Waals surface area (Å²) in [6.45, 7) is 1.77. The van der Waals surface area contributed by atoms with Gasteiger partial charge in [0.1, 0.15) is 4.90 Å². The van der Waals surface area contributed by atoms with Gasteiger partial charge in [-0.25, -0.2) is 8.42 Å². The van der Waals surface area contributed by atoms with E-state index in [2.05, 4.69) is 15.2 Å². The summed E-state index contributed by atoms with van der Waals surface area (Å²) in [4.78, 5) is 4.05. The van der Waals surface area contributed by atoms with Crippen LogP contribution in [-0.4, -0.2) is 33.9 Å². The van der Waals surface area contributed by atoms with E-state index in [1.54, 1.807) is 19.2 Å². The molecular formula is C12H14N4O3S.